The molecule has 1 aromatic heterocycles. The molecule has 0 aliphatic carbocycles. The van der Waals surface area contributed by atoms with Crippen molar-refractivity contribution in [2.24, 2.45) is 11.1 Å². The average Bonchev–Trinajstić information content (AvgIpc) is 2.67. The first-order valence-corrected chi connectivity index (χ1v) is 9.49. The Labute approximate surface area is 153 Å². The Morgan fingerprint density at radius 3 is 2.64 bits per heavy atom. The highest BCUT2D eigenvalue weighted by Gasteiger charge is 2.21. The fourth-order valence-corrected chi connectivity index (χ4v) is 3.75. The molecule has 0 unspecified atom stereocenters. The molecule has 25 heavy (non-hydrogen) atoms. The minimum atomic E-state index is 0.712. The van der Waals surface area contributed by atoms with Gasteiger partial charge < -0.3 is 14.4 Å². The lowest BCUT2D eigenvalue weighted by molar-refractivity contribution is 0.355. The van der Waals surface area contributed by atoms with E-state index < -0.39 is 0 Å². The molecule has 1 aromatic carbocycles. The molecule has 0 atom stereocenters. The van der Waals surface area contributed by atoms with E-state index in [9.17, 15) is 0 Å². The van der Waals surface area contributed by atoms with E-state index in [1.165, 1.54) is 37.1 Å². The monoisotopic (exact) mass is 362 g/mol. The molecule has 0 amide bonds. The average molecular weight is 362 g/mol. The Hall–Kier alpha value is -1.70. The second-order valence-electron chi connectivity index (χ2n) is 6.29. The summed E-state index contributed by atoms with van der Waals surface area (Å²) < 4.78 is 14.0. The van der Waals surface area contributed by atoms with E-state index in [1.54, 1.807) is 14.2 Å². The van der Waals surface area contributed by atoms with Gasteiger partial charge in [0.25, 0.3) is 0 Å². The van der Waals surface area contributed by atoms with Crippen LogP contribution in [0.2, 0.25) is 0 Å². The van der Waals surface area contributed by atoms with Gasteiger partial charge in [-0.1, -0.05) is 0 Å². The first-order chi connectivity index (χ1) is 12.3. The zero-order chi connectivity index (χ0) is 17.6. The van der Waals surface area contributed by atoms with Gasteiger partial charge in [0.05, 0.1) is 19.7 Å². The summed E-state index contributed by atoms with van der Waals surface area (Å²) in [5, 5.41) is 6.52. The van der Waals surface area contributed by atoms with Crippen molar-refractivity contribution in [3.63, 3.8) is 0 Å². The summed E-state index contributed by atoms with van der Waals surface area (Å²) in [6, 6.07) is 6.08. The van der Waals surface area contributed by atoms with Gasteiger partial charge in [0.15, 0.2) is 11.5 Å². The molecule has 3 rings (SSSR count). The van der Waals surface area contributed by atoms with E-state index in [2.05, 4.69) is 20.7 Å². The van der Waals surface area contributed by atoms with Crippen LogP contribution in [0, 0.1) is 5.92 Å². The fourth-order valence-electron chi connectivity index (χ4n) is 3.52. The molecule has 1 aliphatic rings. The lowest BCUT2D eigenvalue weighted by Crippen LogP contribution is -2.34. The summed E-state index contributed by atoms with van der Waals surface area (Å²) in [5.41, 5.74) is 2.15. The van der Waals surface area contributed by atoms with Crippen LogP contribution in [0.3, 0.4) is 0 Å². The molecule has 6 nitrogen and oxygen atoms in total. The van der Waals surface area contributed by atoms with E-state index in [0.29, 0.717) is 5.75 Å². The topological polar surface area (TPSA) is 72.6 Å². The van der Waals surface area contributed by atoms with Gasteiger partial charge in [0.2, 0.25) is 0 Å². The minimum Gasteiger partial charge on any atom is -0.493 e. The number of rotatable bonds is 7. The summed E-state index contributed by atoms with van der Waals surface area (Å²) in [6.07, 6.45) is 5.46. The molecule has 1 saturated heterocycles. The summed E-state index contributed by atoms with van der Waals surface area (Å²) in [4.78, 5) is 6.96. The third-order valence-corrected chi connectivity index (χ3v) is 5.29. The number of nitrogens with two attached hydrogens (primary N) is 1. The molecule has 136 valence electrons. The van der Waals surface area contributed by atoms with Gasteiger partial charge >= 0.3 is 0 Å². The molecule has 0 spiro atoms. The van der Waals surface area contributed by atoms with Gasteiger partial charge in [-0.15, -0.1) is 0 Å². The van der Waals surface area contributed by atoms with Crippen molar-refractivity contribution in [3.05, 3.63) is 24.4 Å². The molecule has 1 fully saturated rings. The number of nitrogens with zero attached hydrogens (tertiary/aromatic N) is 2. The molecule has 0 bridgehead atoms. The van der Waals surface area contributed by atoms with Gasteiger partial charge in [-0.25, -0.2) is 0 Å². The van der Waals surface area contributed by atoms with Crippen LogP contribution in [-0.4, -0.2) is 38.8 Å². The summed E-state index contributed by atoms with van der Waals surface area (Å²) in [6.45, 7) is 3.10. The largest absolute Gasteiger partial charge is 0.493 e. The number of nitrogens with one attached hydrogen (secondary N) is 1. The van der Waals surface area contributed by atoms with Crippen LogP contribution < -0.4 is 24.2 Å². The number of ether oxygens (including phenoxy) is 2. The number of benzene rings is 1. The van der Waals surface area contributed by atoms with Crippen LogP contribution in [-0.2, 0) is 0 Å². The van der Waals surface area contributed by atoms with Crippen molar-refractivity contribution in [2.45, 2.75) is 19.3 Å². The molecule has 3 N–H and O–H groups in total. The van der Waals surface area contributed by atoms with Crippen LogP contribution in [0.5, 0.6) is 11.5 Å². The van der Waals surface area contributed by atoms with E-state index >= 15 is 0 Å². The van der Waals surface area contributed by atoms with Gasteiger partial charge in [0, 0.05) is 55.1 Å². The number of anilines is 1. The lowest BCUT2D eigenvalue weighted by Gasteiger charge is -2.34. The van der Waals surface area contributed by atoms with Gasteiger partial charge in [0.1, 0.15) is 0 Å². The molecule has 7 heteroatoms. The Balaban J connectivity index is 1.78. The molecule has 1 aliphatic heterocycles. The zero-order valence-corrected chi connectivity index (χ0v) is 15.6. The van der Waals surface area contributed by atoms with E-state index in [1.807, 2.05) is 18.3 Å². The predicted molar refractivity (Wildman–Crippen MR) is 104 cm³/mol. The van der Waals surface area contributed by atoms with E-state index in [-0.39, 0.29) is 0 Å². The summed E-state index contributed by atoms with van der Waals surface area (Å²) >= 11 is 1.21. The minimum absolute atomic E-state index is 0.712. The number of piperidine rings is 1. The number of hydrogen-bond donors (Lipinski definition) is 2. The highest BCUT2D eigenvalue weighted by molar-refractivity contribution is 7.95. The summed E-state index contributed by atoms with van der Waals surface area (Å²) in [7, 11) is 3.31. The molecule has 0 radical (unpaired) electrons. The molecular weight excluding hydrogens is 336 g/mol. The molecular formula is C18H26N4O2S. The maximum Gasteiger partial charge on any atom is 0.162 e. The van der Waals surface area contributed by atoms with E-state index in [4.69, 9.17) is 14.6 Å². The van der Waals surface area contributed by atoms with Crippen LogP contribution in [0.4, 0.5) is 5.69 Å². The van der Waals surface area contributed by atoms with Crippen LogP contribution >= 0.6 is 12.1 Å². The van der Waals surface area contributed by atoms with Gasteiger partial charge in [-0.2, -0.15) is 0 Å². The van der Waals surface area contributed by atoms with Gasteiger partial charge in [-0.05, 0) is 37.3 Å². The molecule has 2 aromatic rings. The van der Waals surface area contributed by atoms with Crippen molar-refractivity contribution in [3.8, 4) is 11.5 Å². The standard InChI is InChI=1S/C18H26N4O2S/c1-23-17-11-14-15(12-18(17)24-2)20-7-4-16(14)22-9-5-13(6-10-22)3-8-21-25-19/h4,7,11-13,21H,3,5-6,8-10,19H2,1-2H3. The molecule has 0 saturated carbocycles. The maximum absolute atomic E-state index is 5.47. The normalized spacial score (nSPS) is 15.6. The second kappa shape index (κ2) is 8.60. The number of aromatic nitrogens is 1. The van der Waals surface area contributed by atoms with Crippen LogP contribution in [0.25, 0.3) is 10.9 Å². The zero-order valence-electron chi connectivity index (χ0n) is 14.8. The first kappa shape index (κ1) is 18.1. The highest BCUT2D eigenvalue weighted by Crippen LogP contribution is 2.36. The van der Waals surface area contributed by atoms with Crippen molar-refractivity contribution in [1.29, 1.82) is 0 Å². The molecule has 2 heterocycles. The van der Waals surface area contributed by atoms with Crippen molar-refractivity contribution < 1.29 is 9.47 Å². The summed E-state index contributed by atoms with van der Waals surface area (Å²) in [5.74, 6) is 2.21. The Morgan fingerprint density at radius 1 is 1.24 bits per heavy atom. The Kier molecular flexibility index (Phi) is 6.23. The number of hydrogen-bond acceptors (Lipinski definition) is 7. The van der Waals surface area contributed by atoms with Gasteiger partial charge in [-0.3, -0.25) is 14.8 Å². The van der Waals surface area contributed by atoms with Crippen LogP contribution in [0.1, 0.15) is 19.3 Å². The third-order valence-electron chi connectivity index (χ3n) is 4.92. The first-order valence-electron chi connectivity index (χ1n) is 8.61. The third kappa shape index (κ3) is 4.11. The Morgan fingerprint density at radius 2 is 1.96 bits per heavy atom. The van der Waals surface area contributed by atoms with E-state index in [0.717, 1.165) is 42.2 Å². The number of methoxy groups -OCH3 is 2. The quantitative estimate of drug-likeness (QED) is 0.579. The van der Waals surface area contributed by atoms with Crippen molar-refractivity contribution in [2.75, 3.05) is 38.8 Å². The number of pyridine rings is 1. The van der Waals surface area contributed by atoms with Crippen molar-refractivity contribution in [1.82, 2.24) is 9.71 Å². The van der Waals surface area contributed by atoms with Crippen molar-refractivity contribution >= 4 is 28.7 Å². The second-order valence-corrected chi connectivity index (χ2v) is 6.81. The predicted octanol–water partition coefficient (Wildman–Crippen LogP) is 2.97. The maximum atomic E-state index is 5.47. The smallest absolute Gasteiger partial charge is 0.162 e. The Bertz CT molecular complexity index is 705. The SMILES string of the molecule is COc1cc2nccc(N3CCC(CCNSN)CC3)c2cc1OC. The fraction of sp³-hybridized carbons (Fsp3) is 0.500. The lowest BCUT2D eigenvalue weighted by atomic mass is 9.93. The highest BCUT2D eigenvalue weighted by atomic mass is 32.2. The number of fused-ring (bicyclic) bond motifs is 1. The van der Waals surface area contributed by atoms with Crippen LogP contribution in [0.15, 0.2) is 24.4 Å².